The number of aryl methyl sites for hydroxylation is 1. The van der Waals surface area contributed by atoms with Gasteiger partial charge in [0.2, 0.25) is 5.82 Å². The molecular weight excluding hydrogens is 316 g/mol. The summed E-state index contributed by atoms with van der Waals surface area (Å²) in [5.41, 5.74) is 4.34. The fraction of sp³-hybridized carbons (Fsp3) is 0.105. The van der Waals surface area contributed by atoms with E-state index in [1.807, 2.05) is 67.7 Å². The van der Waals surface area contributed by atoms with E-state index < -0.39 is 0 Å². The first-order chi connectivity index (χ1) is 12.2. The Bertz CT molecular complexity index is 988. The minimum Gasteiger partial charge on any atom is -0.392 e. The molecule has 4 aromatic rings. The number of aliphatic hydroxyl groups is 1. The van der Waals surface area contributed by atoms with Gasteiger partial charge in [-0.1, -0.05) is 59.8 Å². The fourth-order valence-corrected chi connectivity index (χ4v) is 2.65. The lowest BCUT2D eigenvalue weighted by atomic mass is 10.1. The van der Waals surface area contributed by atoms with Crippen molar-refractivity contribution in [1.82, 2.24) is 19.9 Å². The van der Waals surface area contributed by atoms with Gasteiger partial charge in [-0.15, -0.1) is 0 Å². The minimum atomic E-state index is 0.00791. The van der Waals surface area contributed by atoms with Crippen molar-refractivity contribution in [3.63, 3.8) is 0 Å². The van der Waals surface area contributed by atoms with Crippen molar-refractivity contribution in [1.29, 1.82) is 0 Å². The molecule has 6 nitrogen and oxygen atoms in total. The second-order valence-electron chi connectivity index (χ2n) is 5.68. The molecule has 2 heterocycles. The van der Waals surface area contributed by atoms with Gasteiger partial charge in [0.1, 0.15) is 0 Å². The molecular formula is C19H16N4O2. The molecule has 0 atom stereocenters. The van der Waals surface area contributed by atoms with Crippen LogP contribution >= 0.6 is 0 Å². The molecule has 0 unspecified atom stereocenters. The highest BCUT2D eigenvalue weighted by atomic mass is 16.5. The minimum absolute atomic E-state index is 0.00791. The highest BCUT2D eigenvalue weighted by molar-refractivity contribution is 5.66. The Morgan fingerprint density at radius 3 is 2.48 bits per heavy atom. The fourth-order valence-electron chi connectivity index (χ4n) is 2.65. The molecule has 2 aromatic heterocycles. The molecule has 124 valence electrons. The lowest BCUT2D eigenvalue weighted by molar-refractivity contribution is 0.282. The second-order valence-corrected chi connectivity index (χ2v) is 5.68. The van der Waals surface area contributed by atoms with E-state index in [9.17, 15) is 0 Å². The van der Waals surface area contributed by atoms with Gasteiger partial charge in [-0.25, -0.2) is 0 Å². The predicted octanol–water partition coefficient (Wildman–Crippen LogP) is 3.30. The van der Waals surface area contributed by atoms with Crippen LogP contribution in [0.15, 0.2) is 65.2 Å². The Morgan fingerprint density at radius 1 is 1.00 bits per heavy atom. The molecule has 0 spiro atoms. The monoisotopic (exact) mass is 332 g/mol. The van der Waals surface area contributed by atoms with Gasteiger partial charge in [0.15, 0.2) is 5.69 Å². The molecule has 0 aliphatic heterocycles. The molecule has 25 heavy (non-hydrogen) atoms. The van der Waals surface area contributed by atoms with Crippen LogP contribution in [0.4, 0.5) is 0 Å². The number of rotatable bonds is 4. The smallest absolute Gasteiger partial charge is 0.278 e. The van der Waals surface area contributed by atoms with Crippen molar-refractivity contribution in [2.24, 2.45) is 7.05 Å². The topological polar surface area (TPSA) is 77.0 Å². The maximum absolute atomic E-state index is 9.11. The lowest BCUT2D eigenvalue weighted by Crippen LogP contribution is -1.93. The molecule has 0 saturated heterocycles. The number of aromatic nitrogens is 4. The van der Waals surface area contributed by atoms with E-state index in [-0.39, 0.29) is 6.61 Å². The first-order valence-electron chi connectivity index (χ1n) is 7.88. The first-order valence-corrected chi connectivity index (χ1v) is 7.88. The van der Waals surface area contributed by atoms with Gasteiger partial charge < -0.3 is 9.63 Å². The summed E-state index contributed by atoms with van der Waals surface area (Å²) in [5.74, 6) is 0.866. The Hall–Kier alpha value is -3.25. The Kier molecular flexibility index (Phi) is 3.87. The molecule has 0 amide bonds. The van der Waals surface area contributed by atoms with E-state index in [4.69, 9.17) is 9.63 Å². The highest BCUT2D eigenvalue weighted by Gasteiger charge is 2.16. The third kappa shape index (κ3) is 2.95. The lowest BCUT2D eigenvalue weighted by Gasteiger charge is -1.99. The normalized spacial score (nSPS) is 11.0. The average Bonchev–Trinajstić information content (AvgIpc) is 3.29. The standard InChI is InChI=1S/C19H16N4O2/c1-23-17(14-5-3-2-4-6-14)11-16(21-23)19-20-18(22-25-19)15-9-7-13(12-24)8-10-15/h2-11,24H,12H2,1H3. The van der Waals surface area contributed by atoms with E-state index in [1.54, 1.807) is 4.68 Å². The quantitative estimate of drug-likeness (QED) is 0.620. The predicted molar refractivity (Wildman–Crippen MR) is 93.3 cm³/mol. The van der Waals surface area contributed by atoms with Crippen LogP contribution in [0.5, 0.6) is 0 Å². The van der Waals surface area contributed by atoms with Crippen molar-refractivity contribution in [2.45, 2.75) is 6.61 Å². The maximum atomic E-state index is 9.11. The van der Waals surface area contributed by atoms with Crippen molar-refractivity contribution in [3.05, 3.63) is 66.2 Å². The van der Waals surface area contributed by atoms with Crippen LogP contribution in [0.3, 0.4) is 0 Å². The molecule has 0 aliphatic rings. The molecule has 1 N–H and O–H groups in total. The molecule has 0 fully saturated rings. The van der Waals surface area contributed by atoms with Crippen molar-refractivity contribution in [2.75, 3.05) is 0 Å². The number of aliphatic hydroxyl groups excluding tert-OH is 1. The van der Waals surface area contributed by atoms with E-state index in [1.165, 1.54) is 0 Å². The third-order valence-corrected chi connectivity index (χ3v) is 3.99. The van der Waals surface area contributed by atoms with E-state index in [0.717, 1.165) is 22.4 Å². The van der Waals surface area contributed by atoms with Crippen LogP contribution in [-0.4, -0.2) is 25.0 Å². The van der Waals surface area contributed by atoms with Gasteiger partial charge >= 0.3 is 0 Å². The van der Waals surface area contributed by atoms with Gasteiger partial charge in [-0.3, -0.25) is 4.68 Å². The molecule has 6 heteroatoms. The molecule has 0 saturated carbocycles. The van der Waals surface area contributed by atoms with Crippen LogP contribution < -0.4 is 0 Å². The van der Waals surface area contributed by atoms with Crippen LogP contribution in [0.25, 0.3) is 34.2 Å². The van der Waals surface area contributed by atoms with E-state index in [2.05, 4.69) is 15.2 Å². The SMILES string of the molecule is Cn1nc(-c2nc(-c3ccc(CO)cc3)no2)cc1-c1ccccc1. The number of hydrogen-bond acceptors (Lipinski definition) is 5. The zero-order valence-corrected chi connectivity index (χ0v) is 13.6. The number of hydrogen-bond donors (Lipinski definition) is 1. The molecule has 0 bridgehead atoms. The number of benzene rings is 2. The van der Waals surface area contributed by atoms with Gasteiger partial charge in [0.05, 0.1) is 12.3 Å². The zero-order chi connectivity index (χ0) is 17.2. The summed E-state index contributed by atoms with van der Waals surface area (Å²) in [5, 5.41) is 17.6. The molecule has 2 aromatic carbocycles. The summed E-state index contributed by atoms with van der Waals surface area (Å²) in [6.07, 6.45) is 0. The van der Waals surface area contributed by atoms with Crippen LogP contribution in [0.1, 0.15) is 5.56 Å². The summed E-state index contributed by atoms with van der Waals surface area (Å²) >= 11 is 0. The highest BCUT2D eigenvalue weighted by Crippen LogP contribution is 2.26. The Balaban J connectivity index is 1.66. The second kappa shape index (κ2) is 6.33. The molecule has 4 rings (SSSR count). The Morgan fingerprint density at radius 2 is 1.76 bits per heavy atom. The van der Waals surface area contributed by atoms with Crippen molar-refractivity contribution >= 4 is 0 Å². The van der Waals surface area contributed by atoms with Crippen molar-refractivity contribution < 1.29 is 9.63 Å². The third-order valence-electron chi connectivity index (χ3n) is 3.99. The van der Waals surface area contributed by atoms with E-state index >= 15 is 0 Å². The van der Waals surface area contributed by atoms with Gasteiger partial charge in [-0.2, -0.15) is 10.1 Å². The van der Waals surface area contributed by atoms with Gasteiger partial charge in [0.25, 0.3) is 5.89 Å². The van der Waals surface area contributed by atoms with Crippen LogP contribution in [0.2, 0.25) is 0 Å². The average molecular weight is 332 g/mol. The summed E-state index contributed by atoms with van der Waals surface area (Å²) in [6, 6.07) is 19.3. The molecule has 0 aliphatic carbocycles. The van der Waals surface area contributed by atoms with Crippen LogP contribution in [-0.2, 0) is 13.7 Å². The Labute approximate surface area is 144 Å². The summed E-state index contributed by atoms with van der Waals surface area (Å²) in [4.78, 5) is 4.44. The first kappa shape index (κ1) is 15.3. The summed E-state index contributed by atoms with van der Waals surface area (Å²) in [6.45, 7) is 0.00791. The molecule has 0 radical (unpaired) electrons. The maximum Gasteiger partial charge on any atom is 0.278 e. The summed E-state index contributed by atoms with van der Waals surface area (Å²) < 4.78 is 7.18. The summed E-state index contributed by atoms with van der Waals surface area (Å²) in [7, 11) is 1.89. The zero-order valence-electron chi connectivity index (χ0n) is 13.6. The van der Waals surface area contributed by atoms with Crippen molar-refractivity contribution in [3.8, 4) is 34.2 Å². The largest absolute Gasteiger partial charge is 0.392 e. The number of nitrogens with zero attached hydrogens (tertiary/aromatic N) is 4. The van der Waals surface area contributed by atoms with E-state index in [0.29, 0.717) is 17.4 Å². The van der Waals surface area contributed by atoms with Gasteiger partial charge in [-0.05, 0) is 17.2 Å². The van der Waals surface area contributed by atoms with Crippen LogP contribution in [0, 0.1) is 0 Å². The van der Waals surface area contributed by atoms with Gasteiger partial charge in [0, 0.05) is 12.6 Å².